The van der Waals surface area contributed by atoms with Gasteiger partial charge in [0.05, 0.1) is 33.0 Å². The van der Waals surface area contributed by atoms with Crippen molar-refractivity contribution >= 4 is 33.1 Å². The second kappa shape index (κ2) is 7.75. The molecule has 0 aliphatic rings. The molecule has 4 aromatic rings. The summed E-state index contributed by atoms with van der Waals surface area (Å²) in [6.07, 6.45) is -3.08. The molecule has 0 spiro atoms. The van der Waals surface area contributed by atoms with E-state index in [0.717, 1.165) is 21.6 Å². The first-order valence-electron chi connectivity index (χ1n) is 9.10. The van der Waals surface area contributed by atoms with Crippen LogP contribution in [0.25, 0.3) is 15.9 Å². The van der Waals surface area contributed by atoms with Crippen molar-refractivity contribution in [1.29, 1.82) is 0 Å². The third-order valence-corrected chi connectivity index (χ3v) is 5.78. The molecule has 3 N–H and O–H groups in total. The predicted molar refractivity (Wildman–Crippen MR) is 112 cm³/mol. The topological polar surface area (TPSA) is 100 Å². The number of amides is 1. The molecule has 2 heterocycles. The Balaban J connectivity index is 1.55. The number of hydrogen-bond acceptors (Lipinski definition) is 6. The van der Waals surface area contributed by atoms with Crippen molar-refractivity contribution in [3.8, 4) is 5.69 Å². The van der Waals surface area contributed by atoms with Gasteiger partial charge in [-0.15, -0.1) is 11.3 Å². The fourth-order valence-corrected chi connectivity index (χ4v) is 4.12. The number of nitrogens with zero attached hydrogens (tertiary/aromatic N) is 3. The van der Waals surface area contributed by atoms with E-state index in [0.29, 0.717) is 16.4 Å². The van der Waals surface area contributed by atoms with Gasteiger partial charge in [0.25, 0.3) is 5.91 Å². The minimum absolute atomic E-state index is 0.294. The van der Waals surface area contributed by atoms with Crippen LogP contribution in [-0.4, -0.2) is 37.0 Å². The summed E-state index contributed by atoms with van der Waals surface area (Å²) in [5, 5.41) is 28.3. The van der Waals surface area contributed by atoms with E-state index in [1.54, 1.807) is 11.6 Å². The van der Waals surface area contributed by atoms with E-state index in [4.69, 9.17) is 0 Å². The van der Waals surface area contributed by atoms with Crippen LogP contribution >= 0.6 is 11.3 Å². The number of fused-ring (bicyclic) bond motifs is 1. The van der Waals surface area contributed by atoms with E-state index in [1.165, 1.54) is 11.3 Å². The molecule has 7 nitrogen and oxygen atoms in total. The smallest absolute Gasteiger partial charge is 0.256 e. The molecule has 2 atom stereocenters. The summed E-state index contributed by atoms with van der Waals surface area (Å²) in [5.41, 5.74) is 3.43. The average Bonchev–Trinajstić information content (AvgIpc) is 3.29. The van der Waals surface area contributed by atoms with Crippen LogP contribution in [0.3, 0.4) is 0 Å². The van der Waals surface area contributed by atoms with Crippen molar-refractivity contribution in [2.45, 2.75) is 26.1 Å². The van der Waals surface area contributed by atoms with E-state index < -0.39 is 18.1 Å². The second-order valence-electron chi connectivity index (χ2n) is 6.69. The number of carbonyl (C=O) groups is 1. The van der Waals surface area contributed by atoms with Gasteiger partial charge in [-0.3, -0.25) is 4.79 Å². The first-order valence-corrected chi connectivity index (χ1v) is 9.91. The molecule has 0 saturated heterocycles. The minimum atomic E-state index is -1.66. The van der Waals surface area contributed by atoms with Crippen LogP contribution in [0, 0.1) is 13.8 Å². The van der Waals surface area contributed by atoms with Gasteiger partial charge in [0.2, 0.25) is 0 Å². The maximum Gasteiger partial charge on any atom is 0.256 e. The highest BCUT2D eigenvalue weighted by atomic mass is 32.1. The Hall–Kier alpha value is -3.07. The number of carbonyl (C=O) groups excluding carboxylic acids is 1. The van der Waals surface area contributed by atoms with Gasteiger partial charge in [-0.25, -0.2) is 9.67 Å². The lowest BCUT2D eigenvalue weighted by atomic mass is 10.2. The van der Waals surface area contributed by atoms with Crippen molar-refractivity contribution < 1.29 is 15.0 Å². The summed E-state index contributed by atoms with van der Waals surface area (Å²) < 4.78 is 2.60. The van der Waals surface area contributed by atoms with Crippen molar-refractivity contribution in [3.05, 3.63) is 71.0 Å². The zero-order chi connectivity index (χ0) is 20.5. The van der Waals surface area contributed by atoms with Crippen molar-refractivity contribution in [2.24, 2.45) is 0 Å². The highest BCUT2D eigenvalue weighted by molar-refractivity contribution is 7.18. The van der Waals surface area contributed by atoms with Crippen molar-refractivity contribution in [1.82, 2.24) is 14.8 Å². The lowest BCUT2D eigenvalue weighted by molar-refractivity contribution is -0.129. The van der Waals surface area contributed by atoms with Gasteiger partial charge in [0, 0.05) is 0 Å². The van der Waals surface area contributed by atoms with Crippen LogP contribution < -0.4 is 5.32 Å². The maximum absolute atomic E-state index is 12.6. The first kappa shape index (κ1) is 19.3. The molecule has 0 fully saturated rings. The molecule has 8 heteroatoms. The largest absolute Gasteiger partial charge is 0.383 e. The standard InChI is InChI=1S/C21H20N4O3S/c1-12-17(13(2)25(24-12)14-8-4-3-5-9-14)23-20(28)18(26)19(27)21-22-15-10-6-7-11-16(15)29-21/h3-11,18-19,26-27H,1-2H3,(H,23,28). The summed E-state index contributed by atoms with van der Waals surface area (Å²) in [5.74, 6) is -0.712. The Morgan fingerprint density at radius 1 is 1.07 bits per heavy atom. The summed E-state index contributed by atoms with van der Waals surface area (Å²) in [6.45, 7) is 3.61. The zero-order valence-corrected chi connectivity index (χ0v) is 16.7. The van der Waals surface area contributed by atoms with Gasteiger partial charge in [0.15, 0.2) is 6.10 Å². The van der Waals surface area contributed by atoms with E-state index >= 15 is 0 Å². The molecular formula is C21H20N4O3S. The number of hydrogen-bond donors (Lipinski definition) is 3. The highest BCUT2D eigenvalue weighted by Gasteiger charge is 2.29. The van der Waals surface area contributed by atoms with Gasteiger partial charge in [-0.05, 0) is 38.1 Å². The Morgan fingerprint density at radius 2 is 1.76 bits per heavy atom. The van der Waals surface area contributed by atoms with E-state index in [9.17, 15) is 15.0 Å². The molecule has 2 aromatic heterocycles. The van der Waals surface area contributed by atoms with Crippen molar-refractivity contribution in [3.63, 3.8) is 0 Å². The van der Waals surface area contributed by atoms with Gasteiger partial charge in [0.1, 0.15) is 11.1 Å². The van der Waals surface area contributed by atoms with Gasteiger partial charge < -0.3 is 15.5 Å². The van der Waals surface area contributed by atoms with Crippen molar-refractivity contribution in [2.75, 3.05) is 5.32 Å². The minimum Gasteiger partial charge on any atom is -0.383 e. The number of aliphatic hydroxyl groups excluding tert-OH is 2. The molecule has 2 unspecified atom stereocenters. The van der Waals surface area contributed by atoms with Crippen LogP contribution in [0.5, 0.6) is 0 Å². The fraction of sp³-hybridized carbons (Fsp3) is 0.190. The lowest BCUT2D eigenvalue weighted by Crippen LogP contribution is -2.33. The fourth-order valence-electron chi connectivity index (χ4n) is 3.14. The number of aryl methyl sites for hydroxylation is 1. The number of aromatic nitrogens is 3. The van der Waals surface area contributed by atoms with E-state index in [-0.39, 0.29) is 0 Å². The van der Waals surface area contributed by atoms with Gasteiger partial charge in [-0.2, -0.15) is 5.10 Å². The monoisotopic (exact) mass is 408 g/mol. The van der Waals surface area contributed by atoms with Crippen LogP contribution in [0.4, 0.5) is 5.69 Å². The number of nitrogens with one attached hydrogen (secondary N) is 1. The molecule has 2 aromatic carbocycles. The molecule has 0 radical (unpaired) electrons. The maximum atomic E-state index is 12.6. The number of rotatable bonds is 5. The molecule has 148 valence electrons. The third-order valence-electron chi connectivity index (χ3n) is 4.67. The number of thiazole rings is 1. The van der Waals surface area contributed by atoms with Crippen LogP contribution in [0.15, 0.2) is 54.6 Å². The van der Waals surface area contributed by atoms with Crippen LogP contribution in [0.1, 0.15) is 22.5 Å². The molecule has 4 rings (SSSR count). The second-order valence-corrected chi connectivity index (χ2v) is 7.75. The quantitative estimate of drug-likeness (QED) is 0.471. The number of benzene rings is 2. The molecular weight excluding hydrogens is 388 g/mol. The summed E-state index contributed by atoms with van der Waals surface area (Å²) in [6, 6.07) is 17.0. The molecule has 1 amide bonds. The van der Waals surface area contributed by atoms with Gasteiger partial charge in [-0.1, -0.05) is 30.3 Å². The molecule has 0 bridgehead atoms. The summed E-state index contributed by atoms with van der Waals surface area (Å²) >= 11 is 1.25. The Morgan fingerprint density at radius 3 is 2.48 bits per heavy atom. The van der Waals surface area contributed by atoms with Gasteiger partial charge >= 0.3 is 0 Å². The van der Waals surface area contributed by atoms with Crippen LogP contribution in [-0.2, 0) is 4.79 Å². The predicted octanol–water partition coefficient (Wildman–Crippen LogP) is 3.13. The number of aliphatic hydroxyl groups is 2. The average molecular weight is 408 g/mol. The molecule has 0 aliphatic heterocycles. The summed E-state index contributed by atoms with van der Waals surface area (Å²) in [7, 11) is 0. The number of anilines is 1. The SMILES string of the molecule is Cc1nn(-c2ccccc2)c(C)c1NC(=O)C(O)C(O)c1nc2ccccc2s1. The molecule has 29 heavy (non-hydrogen) atoms. The molecule has 0 aliphatic carbocycles. The Bertz CT molecular complexity index is 1140. The Labute approximate surface area is 171 Å². The zero-order valence-electron chi connectivity index (χ0n) is 15.9. The van der Waals surface area contributed by atoms with E-state index in [1.807, 2.05) is 61.5 Å². The third kappa shape index (κ3) is 3.65. The summed E-state index contributed by atoms with van der Waals surface area (Å²) in [4.78, 5) is 16.9. The molecule has 0 saturated carbocycles. The lowest BCUT2D eigenvalue weighted by Gasteiger charge is -2.15. The first-order chi connectivity index (χ1) is 14.0. The Kier molecular flexibility index (Phi) is 5.14. The van der Waals surface area contributed by atoms with Crippen LogP contribution in [0.2, 0.25) is 0 Å². The highest BCUT2D eigenvalue weighted by Crippen LogP contribution is 2.29. The number of para-hydroxylation sites is 2. The normalized spacial score (nSPS) is 13.4. The van der Waals surface area contributed by atoms with E-state index in [2.05, 4.69) is 15.4 Å².